The quantitative estimate of drug-likeness (QED) is 0.0154. The van der Waals surface area contributed by atoms with E-state index in [4.69, 9.17) is 18.5 Å². The molecule has 0 saturated heterocycles. The minimum Gasteiger partial charge on any atom is -0.462 e. The number of hydrogen-bond acceptors (Lipinski definition) is 12. The highest BCUT2D eigenvalue weighted by molar-refractivity contribution is 7.47. The lowest BCUT2D eigenvalue weighted by molar-refractivity contribution is -0.220. The smallest absolute Gasteiger partial charge is 0.462 e. The first kappa shape index (κ1) is 52.6. The number of esters is 2. The number of aliphatic hydroxyl groups is 5. The highest BCUT2D eigenvalue weighted by Crippen LogP contribution is 2.47. The monoisotopic (exact) mass is 823 g/mol. The van der Waals surface area contributed by atoms with Gasteiger partial charge in [0.2, 0.25) is 0 Å². The highest BCUT2D eigenvalue weighted by Gasteiger charge is 2.51. The van der Waals surface area contributed by atoms with Crippen LogP contribution in [0.25, 0.3) is 0 Å². The summed E-state index contributed by atoms with van der Waals surface area (Å²) >= 11 is 0. The molecule has 0 aromatic carbocycles. The molecule has 6 unspecified atom stereocenters. The van der Waals surface area contributed by atoms with Gasteiger partial charge in [-0.15, -0.1) is 0 Å². The lowest BCUT2D eigenvalue weighted by atomic mass is 9.85. The van der Waals surface area contributed by atoms with E-state index in [-0.39, 0.29) is 12.8 Å². The van der Waals surface area contributed by atoms with Gasteiger partial charge in [0.1, 0.15) is 43.2 Å². The van der Waals surface area contributed by atoms with Gasteiger partial charge in [-0.05, 0) is 32.1 Å². The van der Waals surface area contributed by atoms with Crippen LogP contribution in [0.15, 0.2) is 12.2 Å². The van der Waals surface area contributed by atoms with E-state index in [1.807, 2.05) is 0 Å². The average Bonchev–Trinajstić information content (AvgIpc) is 3.18. The fraction of sp³-hybridized carbons (Fsp3) is 0.905. The summed E-state index contributed by atoms with van der Waals surface area (Å²) in [7, 11) is -5.11. The topological polar surface area (TPSA) is 210 Å². The van der Waals surface area contributed by atoms with E-state index >= 15 is 0 Å². The average molecular weight is 823 g/mol. The molecule has 14 heteroatoms. The molecule has 1 aliphatic rings. The molecule has 0 aromatic heterocycles. The minimum absolute atomic E-state index is 0.101. The van der Waals surface area contributed by atoms with Crippen LogP contribution in [-0.4, -0.2) is 98.3 Å². The van der Waals surface area contributed by atoms with Crippen LogP contribution in [0.2, 0.25) is 0 Å². The van der Waals surface area contributed by atoms with E-state index in [1.54, 1.807) is 0 Å². The molecule has 1 rings (SSSR count). The second-order valence-electron chi connectivity index (χ2n) is 15.6. The summed E-state index contributed by atoms with van der Waals surface area (Å²) < 4.78 is 33.4. The Balaban J connectivity index is 2.47. The van der Waals surface area contributed by atoms with Crippen LogP contribution in [0.1, 0.15) is 187 Å². The summed E-state index contributed by atoms with van der Waals surface area (Å²) in [6.45, 7) is 3.26. The maximum Gasteiger partial charge on any atom is 0.472 e. The van der Waals surface area contributed by atoms with E-state index in [0.717, 1.165) is 51.4 Å². The van der Waals surface area contributed by atoms with Crippen molar-refractivity contribution in [3.63, 3.8) is 0 Å². The predicted octanol–water partition coefficient (Wildman–Crippen LogP) is 7.89. The predicted molar refractivity (Wildman–Crippen MR) is 217 cm³/mol. The molecule has 8 atom stereocenters. The van der Waals surface area contributed by atoms with Gasteiger partial charge in [0.15, 0.2) is 6.10 Å². The number of carbonyl (C=O) groups excluding carboxylic acids is 2. The minimum atomic E-state index is -5.11. The summed E-state index contributed by atoms with van der Waals surface area (Å²) in [6.07, 6.45) is 19.9. The zero-order valence-electron chi connectivity index (χ0n) is 34.7. The Morgan fingerprint density at radius 1 is 0.536 bits per heavy atom. The molecule has 13 nitrogen and oxygen atoms in total. The molecule has 56 heavy (non-hydrogen) atoms. The molecule has 0 spiro atoms. The third-order valence-corrected chi connectivity index (χ3v) is 11.3. The van der Waals surface area contributed by atoms with Gasteiger partial charge in [-0.25, -0.2) is 4.57 Å². The molecule has 1 aliphatic carbocycles. The zero-order chi connectivity index (χ0) is 41.4. The Morgan fingerprint density at radius 2 is 0.929 bits per heavy atom. The first-order chi connectivity index (χ1) is 26.9. The molecule has 0 amide bonds. The van der Waals surface area contributed by atoms with Crippen molar-refractivity contribution in [1.82, 2.24) is 0 Å². The van der Waals surface area contributed by atoms with Crippen molar-refractivity contribution in [3.05, 3.63) is 12.2 Å². The molecule has 1 saturated carbocycles. The third-order valence-electron chi connectivity index (χ3n) is 10.4. The molecule has 6 N–H and O–H groups in total. The Hall–Kier alpha value is -1.41. The van der Waals surface area contributed by atoms with Crippen molar-refractivity contribution in [2.75, 3.05) is 13.2 Å². The molecule has 0 radical (unpaired) electrons. The number of phosphoric ester groups is 1. The number of ether oxygens (including phenoxy) is 2. The molecule has 330 valence electrons. The summed E-state index contributed by atoms with van der Waals surface area (Å²) in [6, 6.07) is 0. The van der Waals surface area contributed by atoms with Crippen LogP contribution in [0.5, 0.6) is 0 Å². The van der Waals surface area contributed by atoms with E-state index in [2.05, 4.69) is 26.0 Å². The molecular formula is C42H79O13P. The summed E-state index contributed by atoms with van der Waals surface area (Å²) in [5.41, 5.74) is 0. The largest absolute Gasteiger partial charge is 0.472 e. The van der Waals surface area contributed by atoms with Crippen molar-refractivity contribution in [2.24, 2.45) is 0 Å². The van der Waals surface area contributed by atoms with Crippen molar-refractivity contribution in [3.8, 4) is 0 Å². The highest BCUT2D eigenvalue weighted by atomic mass is 31.2. The summed E-state index contributed by atoms with van der Waals surface area (Å²) in [5.74, 6) is -1.10. The van der Waals surface area contributed by atoms with Crippen LogP contribution < -0.4 is 0 Å². The molecule has 1 fully saturated rings. The summed E-state index contributed by atoms with van der Waals surface area (Å²) in [5, 5.41) is 50.0. The van der Waals surface area contributed by atoms with E-state index < -0.39 is 75.7 Å². The van der Waals surface area contributed by atoms with Crippen molar-refractivity contribution >= 4 is 19.8 Å². The van der Waals surface area contributed by atoms with E-state index in [9.17, 15) is 44.6 Å². The van der Waals surface area contributed by atoms with Crippen LogP contribution in [-0.2, 0) is 32.7 Å². The Labute approximate surface area is 337 Å². The van der Waals surface area contributed by atoms with Crippen molar-refractivity contribution < 1.29 is 63.1 Å². The molecule has 0 heterocycles. The van der Waals surface area contributed by atoms with Gasteiger partial charge in [-0.2, -0.15) is 0 Å². The van der Waals surface area contributed by atoms with Crippen molar-refractivity contribution in [2.45, 2.75) is 230 Å². The maximum atomic E-state index is 12.8. The number of allylic oxidation sites excluding steroid dienone is 2. The van der Waals surface area contributed by atoms with Gasteiger partial charge in [0.05, 0.1) is 6.61 Å². The maximum absolute atomic E-state index is 12.8. The number of carbonyl (C=O) groups is 2. The first-order valence-corrected chi connectivity index (χ1v) is 23.5. The SMILES string of the molecule is CCCC/C=C/CCCCCCCCCCCC(=O)OC[C@@H](COP(=O)(O)OC1C(O)C(O)C(O)[C@H](O)C1O)OC(=O)CCCCCCCCCCCCCC. The lowest BCUT2D eigenvalue weighted by Gasteiger charge is -2.41. The number of aliphatic hydroxyl groups excluding tert-OH is 5. The Bertz CT molecular complexity index is 1040. The van der Waals surface area contributed by atoms with Crippen LogP contribution in [0.3, 0.4) is 0 Å². The molecule has 0 aliphatic heterocycles. The normalized spacial score (nSPS) is 22.9. The van der Waals surface area contributed by atoms with Crippen LogP contribution in [0, 0.1) is 0 Å². The molecule has 0 aromatic rings. The van der Waals surface area contributed by atoms with Gasteiger partial charge in [-0.1, -0.05) is 154 Å². The number of phosphoric acid groups is 1. The Kier molecular flexibility index (Phi) is 31.4. The van der Waals surface area contributed by atoms with Crippen molar-refractivity contribution in [1.29, 1.82) is 0 Å². The molecule has 0 bridgehead atoms. The standard InChI is InChI=1S/C42H79O13P/c1-3-5-7-9-11-13-15-17-18-19-21-22-24-26-28-30-35(43)52-32-34(54-36(44)31-29-27-25-23-20-16-14-12-10-8-6-4-2)33-53-56(50,51)55-42-40(48)38(46)37(45)39(47)41(42)49/h9,11,34,37-42,45-49H,3-8,10,12-33H2,1-2H3,(H,50,51)/b11-9+/t34-,37?,38-,39?,40?,41?,42?/m0/s1. The molecular weight excluding hydrogens is 743 g/mol. The fourth-order valence-corrected chi connectivity index (χ4v) is 7.71. The van der Waals surface area contributed by atoms with Crippen LogP contribution in [0.4, 0.5) is 0 Å². The van der Waals surface area contributed by atoms with Gasteiger partial charge < -0.3 is 39.9 Å². The van der Waals surface area contributed by atoms with Gasteiger partial charge in [-0.3, -0.25) is 18.6 Å². The van der Waals surface area contributed by atoms with Gasteiger partial charge in [0, 0.05) is 12.8 Å². The van der Waals surface area contributed by atoms with Crippen LogP contribution >= 0.6 is 7.82 Å². The van der Waals surface area contributed by atoms with Gasteiger partial charge >= 0.3 is 19.8 Å². The lowest BCUT2D eigenvalue weighted by Crippen LogP contribution is -2.64. The van der Waals surface area contributed by atoms with E-state index in [1.165, 1.54) is 96.3 Å². The third kappa shape index (κ3) is 25.8. The number of unbranched alkanes of at least 4 members (excludes halogenated alkanes) is 22. The Morgan fingerprint density at radius 3 is 1.41 bits per heavy atom. The second kappa shape index (κ2) is 33.4. The first-order valence-electron chi connectivity index (χ1n) is 22.0. The second-order valence-corrected chi connectivity index (χ2v) is 17.0. The van der Waals surface area contributed by atoms with Gasteiger partial charge in [0.25, 0.3) is 0 Å². The zero-order valence-corrected chi connectivity index (χ0v) is 35.6. The fourth-order valence-electron chi connectivity index (χ4n) is 6.74. The number of hydrogen-bond donors (Lipinski definition) is 6. The summed E-state index contributed by atoms with van der Waals surface area (Å²) in [4.78, 5) is 35.6. The number of rotatable bonds is 36. The van der Waals surface area contributed by atoms with E-state index in [0.29, 0.717) is 12.8 Å².